The summed E-state index contributed by atoms with van der Waals surface area (Å²) in [6.07, 6.45) is 0.569. The monoisotopic (exact) mass is 504 g/mol. The minimum atomic E-state index is -4.56. The van der Waals surface area contributed by atoms with E-state index >= 15 is 0 Å². The molecule has 0 bridgehead atoms. The van der Waals surface area contributed by atoms with E-state index in [0.717, 1.165) is 0 Å². The number of H-pyrrole nitrogens is 1. The minimum absolute atomic E-state index is 0.0539. The minimum Gasteiger partial charge on any atom is -0.315 e. The summed E-state index contributed by atoms with van der Waals surface area (Å²) < 4.78 is 56.3. The third kappa shape index (κ3) is 3.94. The zero-order valence-corrected chi connectivity index (χ0v) is 19.4. The first kappa shape index (κ1) is 22.5. The molecule has 5 N–H and O–H groups in total. The van der Waals surface area contributed by atoms with E-state index in [2.05, 4.69) is 41.0 Å². The predicted molar refractivity (Wildman–Crippen MR) is 120 cm³/mol. The molecule has 0 radical (unpaired) electrons. The number of nitrogens with one attached hydrogen (secondary N) is 3. The van der Waals surface area contributed by atoms with Crippen LogP contribution in [0.5, 0.6) is 0 Å². The van der Waals surface area contributed by atoms with Crippen LogP contribution in [0.15, 0.2) is 40.1 Å². The molecule has 1 aliphatic rings. The Morgan fingerprint density at radius 2 is 1.97 bits per heavy atom. The van der Waals surface area contributed by atoms with Crippen molar-refractivity contribution >= 4 is 31.1 Å². The highest BCUT2D eigenvalue weighted by Gasteiger charge is 2.33. The molecule has 14 nitrogen and oxygen atoms in total. The summed E-state index contributed by atoms with van der Waals surface area (Å²) in [4.78, 5) is -1.09. The maximum Gasteiger partial charge on any atom is 0.242 e. The molecule has 1 fully saturated rings. The Hall–Kier alpha value is -3.31. The van der Waals surface area contributed by atoms with Gasteiger partial charge in [0.25, 0.3) is 0 Å². The van der Waals surface area contributed by atoms with E-state index in [1.807, 2.05) is 0 Å². The van der Waals surface area contributed by atoms with Gasteiger partial charge in [0.15, 0.2) is 5.82 Å². The van der Waals surface area contributed by atoms with E-state index in [4.69, 9.17) is 5.14 Å². The second kappa shape index (κ2) is 8.17. The number of aryl methyl sites for hydroxylation is 1. The third-order valence-electron chi connectivity index (χ3n) is 5.58. The predicted octanol–water partition coefficient (Wildman–Crippen LogP) is -0.897. The Balaban J connectivity index is 1.79. The molecule has 1 atom stereocenters. The summed E-state index contributed by atoms with van der Waals surface area (Å²) in [6.45, 7) is 1.08. The number of sulfonamides is 2. The second-order valence-corrected chi connectivity index (χ2v) is 11.0. The van der Waals surface area contributed by atoms with Crippen LogP contribution in [0, 0.1) is 0 Å². The second-order valence-electron chi connectivity index (χ2n) is 7.84. The number of benzene rings is 2. The van der Waals surface area contributed by atoms with Crippen molar-refractivity contribution in [2.45, 2.75) is 22.3 Å². The number of aromatic nitrogens is 7. The molecule has 2 aromatic carbocycles. The number of aromatic amines is 1. The quantitative estimate of drug-likeness (QED) is 0.255. The molecule has 3 heterocycles. The fourth-order valence-corrected chi connectivity index (χ4v) is 6.91. The average Bonchev–Trinajstić information content (AvgIpc) is 3.55. The van der Waals surface area contributed by atoms with Crippen LogP contribution in [-0.4, -0.2) is 71.6 Å². The summed E-state index contributed by atoms with van der Waals surface area (Å²) in [6, 6.07) is 7.52. The number of fused-ring (bicyclic) bond motifs is 1. The van der Waals surface area contributed by atoms with Crippen LogP contribution < -0.4 is 15.2 Å². The Kier molecular flexibility index (Phi) is 5.40. The van der Waals surface area contributed by atoms with Crippen LogP contribution in [-0.2, 0) is 27.1 Å². The fraction of sp³-hybridized carbons (Fsp3) is 0.278. The number of tetrazole rings is 1. The maximum atomic E-state index is 13.3. The van der Waals surface area contributed by atoms with Gasteiger partial charge in [0.05, 0.1) is 5.52 Å². The molecule has 5 rings (SSSR count). The van der Waals surface area contributed by atoms with Crippen LogP contribution in [0.3, 0.4) is 0 Å². The molecular formula is C18H20N10O4S2. The Labute approximate surface area is 194 Å². The van der Waals surface area contributed by atoms with Crippen LogP contribution in [0.2, 0.25) is 0 Å². The van der Waals surface area contributed by atoms with Gasteiger partial charge in [-0.1, -0.05) is 17.3 Å². The van der Waals surface area contributed by atoms with Crippen molar-refractivity contribution in [3.8, 4) is 22.5 Å². The van der Waals surface area contributed by atoms with Crippen molar-refractivity contribution < 1.29 is 16.8 Å². The number of primary sulfonamides is 1. The molecule has 178 valence electrons. The van der Waals surface area contributed by atoms with Crippen molar-refractivity contribution in [2.75, 3.05) is 13.1 Å². The summed E-state index contributed by atoms with van der Waals surface area (Å²) in [5.41, 5.74) is 2.17. The highest BCUT2D eigenvalue weighted by Crippen LogP contribution is 2.39. The zero-order chi connectivity index (χ0) is 24.1. The first-order chi connectivity index (χ1) is 16.1. The van der Waals surface area contributed by atoms with Gasteiger partial charge in [-0.25, -0.2) is 36.5 Å². The lowest BCUT2D eigenvalue weighted by molar-refractivity contribution is 0.555. The van der Waals surface area contributed by atoms with E-state index in [1.165, 1.54) is 12.1 Å². The highest BCUT2D eigenvalue weighted by molar-refractivity contribution is 7.92. The molecule has 0 spiro atoms. The SMILES string of the molecule is Cn1nnc2ccc(-c3ccc(S(=O)(=O)NC4CCNC4)c(S(N)(=O)=O)c3-c3nnn[nH]3)cc21. The topological polar surface area (TPSA) is 204 Å². The summed E-state index contributed by atoms with van der Waals surface area (Å²) >= 11 is 0. The van der Waals surface area contributed by atoms with E-state index in [0.29, 0.717) is 41.7 Å². The maximum absolute atomic E-state index is 13.3. The molecule has 1 unspecified atom stereocenters. The van der Waals surface area contributed by atoms with E-state index in [9.17, 15) is 16.8 Å². The van der Waals surface area contributed by atoms with Crippen LogP contribution in [0.25, 0.3) is 33.5 Å². The zero-order valence-electron chi connectivity index (χ0n) is 17.8. The summed E-state index contributed by atoms with van der Waals surface area (Å²) in [7, 11) is -7.10. The third-order valence-corrected chi connectivity index (χ3v) is 8.27. The van der Waals surface area contributed by atoms with Gasteiger partial charge in [-0.05, 0) is 52.7 Å². The van der Waals surface area contributed by atoms with Crippen molar-refractivity contribution in [3.63, 3.8) is 0 Å². The number of hydrogen-bond donors (Lipinski definition) is 4. The van der Waals surface area contributed by atoms with Crippen molar-refractivity contribution in [1.82, 2.24) is 45.7 Å². The van der Waals surface area contributed by atoms with Gasteiger partial charge in [0, 0.05) is 25.2 Å². The van der Waals surface area contributed by atoms with Crippen LogP contribution in [0.1, 0.15) is 6.42 Å². The summed E-state index contributed by atoms with van der Waals surface area (Å²) in [5, 5.41) is 30.1. The average molecular weight is 505 g/mol. The first-order valence-corrected chi connectivity index (χ1v) is 13.1. The number of hydrogen-bond acceptors (Lipinski definition) is 10. The molecule has 34 heavy (non-hydrogen) atoms. The van der Waals surface area contributed by atoms with Gasteiger partial charge >= 0.3 is 0 Å². The number of nitrogens with zero attached hydrogens (tertiary/aromatic N) is 6. The van der Waals surface area contributed by atoms with Crippen LogP contribution in [0.4, 0.5) is 0 Å². The van der Waals surface area contributed by atoms with Gasteiger partial charge in [0.1, 0.15) is 15.3 Å². The smallest absolute Gasteiger partial charge is 0.242 e. The van der Waals surface area contributed by atoms with Gasteiger partial charge in [-0.15, -0.1) is 10.2 Å². The lowest BCUT2D eigenvalue weighted by Gasteiger charge is -2.18. The normalized spacial score (nSPS) is 16.9. The Morgan fingerprint density at radius 1 is 1.15 bits per heavy atom. The van der Waals surface area contributed by atoms with Crippen molar-refractivity contribution in [1.29, 1.82) is 0 Å². The first-order valence-electron chi connectivity index (χ1n) is 10.1. The van der Waals surface area contributed by atoms with E-state index in [1.54, 1.807) is 29.9 Å². The molecule has 1 aliphatic heterocycles. The van der Waals surface area contributed by atoms with Gasteiger partial charge in [-0.2, -0.15) is 0 Å². The lowest BCUT2D eigenvalue weighted by atomic mass is 9.98. The standard InChI is InChI=1S/C18H20N10O4S2/c1-28-14-8-10(2-4-13(14)21-27-28)12-3-5-15(34(31,32)24-11-6-7-20-9-11)17(33(19,29)30)16(12)18-22-25-26-23-18/h2-5,8,11,20,24H,6-7,9H2,1H3,(H2,19,29,30)(H,22,23,25,26). The Bertz CT molecular complexity index is 1590. The summed E-state index contributed by atoms with van der Waals surface area (Å²) in [5.74, 6) is -0.0539. The van der Waals surface area contributed by atoms with Crippen molar-refractivity contribution in [3.05, 3.63) is 30.3 Å². The molecule has 2 aromatic heterocycles. The van der Waals surface area contributed by atoms with Gasteiger partial charge in [0.2, 0.25) is 20.0 Å². The molecule has 16 heteroatoms. The van der Waals surface area contributed by atoms with Gasteiger partial charge < -0.3 is 5.32 Å². The number of rotatable bonds is 6. The molecule has 0 aliphatic carbocycles. The fourth-order valence-electron chi connectivity index (χ4n) is 4.03. The molecule has 1 saturated heterocycles. The Morgan fingerprint density at radius 3 is 2.65 bits per heavy atom. The molecule has 4 aromatic rings. The lowest BCUT2D eigenvalue weighted by Crippen LogP contribution is -2.37. The molecular weight excluding hydrogens is 484 g/mol. The molecule has 0 saturated carbocycles. The number of nitrogens with two attached hydrogens (primary N) is 1. The van der Waals surface area contributed by atoms with E-state index < -0.39 is 29.8 Å². The van der Waals surface area contributed by atoms with Crippen molar-refractivity contribution in [2.24, 2.45) is 12.2 Å². The largest absolute Gasteiger partial charge is 0.315 e. The molecule has 0 amide bonds. The van der Waals surface area contributed by atoms with E-state index in [-0.39, 0.29) is 17.4 Å². The highest BCUT2D eigenvalue weighted by atomic mass is 32.2. The van der Waals surface area contributed by atoms with Crippen LogP contribution >= 0.6 is 0 Å². The van der Waals surface area contributed by atoms with Gasteiger partial charge in [-0.3, -0.25) is 0 Å².